The molecule has 0 aliphatic heterocycles. The largest absolute Gasteiger partial charge is 0.361 e. The topological polar surface area (TPSA) is 41.6 Å². The molecule has 0 atom stereocenters. The molecular weight excluding hydrogens is 186 g/mol. The molecule has 0 aliphatic carbocycles. The number of aromatic nitrogens is 3. The third kappa shape index (κ3) is 1.38. The molecule has 0 saturated heterocycles. The first-order chi connectivity index (χ1) is 7.43. The lowest BCUT2D eigenvalue weighted by Gasteiger charge is -1.99. The first-order valence-electron chi connectivity index (χ1n) is 4.69. The Hall–Kier alpha value is -2.16. The zero-order valence-electron chi connectivity index (χ0n) is 7.94. The van der Waals surface area contributed by atoms with Crippen LogP contribution < -0.4 is 0 Å². The van der Waals surface area contributed by atoms with E-state index in [9.17, 15) is 0 Å². The van der Waals surface area contributed by atoms with E-state index in [1.54, 1.807) is 12.4 Å². The van der Waals surface area contributed by atoms with E-state index >= 15 is 0 Å². The summed E-state index contributed by atoms with van der Waals surface area (Å²) in [5.74, 6) is 0. The second-order valence-electron chi connectivity index (χ2n) is 3.31. The molecule has 3 rings (SSSR count). The zero-order chi connectivity index (χ0) is 10.1. The predicted molar refractivity (Wildman–Crippen MR) is 58.2 cm³/mol. The van der Waals surface area contributed by atoms with Crippen molar-refractivity contribution in [1.82, 2.24) is 15.0 Å². The molecule has 3 nitrogen and oxygen atoms in total. The average molecular weight is 194 g/mol. The van der Waals surface area contributed by atoms with Gasteiger partial charge < -0.3 is 4.98 Å². The van der Waals surface area contributed by atoms with Crippen molar-refractivity contribution in [2.24, 2.45) is 0 Å². The molecule has 3 heteroatoms. The van der Waals surface area contributed by atoms with Crippen LogP contribution in [-0.4, -0.2) is 15.0 Å². The highest BCUT2D eigenvalue weighted by Gasteiger charge is 2.00. The summed E-state index contributed by atoms with van der Waals surface area (Å²) in [6, 6.07) is 8.21. The Labute approximate surface area is 86.8 Å². The molecule has 3 aromatic rings. The molecule has 0 aliphatic rings. The van der Waals surface area contributed by atoms with E-state index in [-0.39, 0.29) is 0 Å². The number of nitrogens with one attached hydrogen (secondary N) is 1. The first-order valence-corrected chi connectivity index (χ1v) is 4.69. The lowest BCUT2D eigenvalue weighted by molar-refractivity contribution is 1.19. The van der Waals surface area contributed by atoms with Crippen molar-refractivity contribution in [3.05, 3.63) is 49.1 Å². The average Bonchev–Trinajstić information content (AvgIpc) is 2.77. The van der Waals surface area contributed by atoms with Gasteiger partial charge in [-0.05, 0) is 18.2 Å². The van der Waals surface area contributed by atoms with Gasteiger partial charge in [0.2, 0.25) is 0 Å². The number of nitrogens with zero attached hydrogens (tertiary/aromatic N) is 2. The lowest BCUT2D eigenvalue weighted by Crippen LogP contribution is -1.83. The number of hydrogen-bond donors (Lipinski definition) is 1. The van der Waals surface area contributed by atoms with Gasteiger partial charge in [-0.1, -0.05) is 6.07 Å². The fourth-order valence-corrected chi connectivity index (χ4v) is 1.63. The standard InChI is InChI=1S/C12H8N3/c1-2-11-10(3-4-14-11)7-9(1)12-8-13-5-6-15-12/h1-4,6-8,14H. The van der Waals surface area contributed by atoms with E-state index in [1.165, 1.54) is 5.39 Å². The normalized spacial score (nSPS) is 10.7. The Morgan fingerprint density at radius 2 is 2.20 bits per heavy atom. The molecule has 71 valence electrons. The van der Waals surface area contributed by atoms with Gasteiger partial charge in [-0.25, -0.2) is 0 Å². The molecule has 0 spiro atoms. The Balaban J connectivity index is 2.19. The maximum absolute atomic E-state index is 4.21. The smallest absolute Gasteiger partial charge is 0.109 e. The molecule has 1 N–H and O–H groups in total. The Bertz CT molecular complexity index is 584. The number of hydrogen-bond acceptors (Lipinski definition) is 2. The van der Waals surface area contributed by atoms with Crippen LogP contribution in [0, 0.1) is 6.20 Å². The Kier molecular flexibility index (Phi) is 1.75. The number of aromatic amines is 1. The van der Waals surface area contributed by atoms with Crippen LogP contribution in [0.25, 0.3) is 22.2 Å². The number of benzene rings is 1. The van der Waals surface area contributed by atoms with Gasteiger partial charge >= 0.3 is 0 Å². The monoisotopic (exact) mass is 194 g/mol. The van der Waals surface area contributed by atoms with Crippen LogP contribution in [0.4, 0.5) is 0 Å². The molecule has 1 aromatic carbocycles. The van der Waals surface area contributed by atoms with Gasteiger partial charge in [0, 0.05) is 22.7 Å². The fourth-order valence-electron chi connectivity index (χ4n) is 1.63. The Morgan fingerprint density at radius 1 is 1.20 bits per heavy atom. The molecule has 2 heterocycles. The SMILES string of the molecule is [c]1cnc(-c2ccc3[nH]ccc3c2)cn1. The summed E-state index contributed by atoms with van der Waals surface area (Å²) in [7, 11) is 0. The van der Waals surface area contributed by atoms with Crippen molar-refractivity contribution in [1.29, 1.82) is 0 Å². The van der Waals surface area contributed by atoms with Crippen LogP contribution in [0.3, 0.4) is 0 Å². The number of rotatable bonds is 1. The van der Waals surface area contributed by atoms with Gasteiger partial charge in [0.05, 0.1) is 18.1 Å². The summed E-state index contributed by atoms with van der Waals surface area (Å²) in [4.78, 5) is 11.3. The summed E-state index contributed by atoms with van der Waals surface area (Å²) >= 11 is 0. The highest BCUT2D eigenvalue weighted by Crippen LogP contribution is 2.21. The second kappa shape index (κ2) is 3.20. The number of fused-ring (bicyclic) bond motifs is 1. The van der Waals surface area contributed by atoms with E-state index in [0.717, 1.165) is 16.8 Å². The quantitative estimate of drug-likeness (QED) is 0.646. The maximum atomic E-state index is 4.21. The van der Waals surface area contributed by atoms with Crippen molar-refractivity contribution >= 4 is 10.9 Å². The Morgan fingerprint density at radius 3 is 3.07 bits per heavy atom. The molecule has 2 aromatic heterocycles. The third-order valence-corrected chi connectivity index (χ3v) is 2.37. The molecule has 0 saturated carbocycles. The van der Waals surface area contributed by atoms with Gasteiger partial charge in [0.25, 0.3) is 0 Å². The van der Waals surface area contributed by atoms with Crippen molar-refractivity contribution in [3.8, 4) is 11.3 Å². The minimum absolute atomic E-state index is 0.872. The van der Waals surface area contributed by atoms with Crippen LogP contribution in [0.2, 0.25) is 0 Å². The summed E-state index contributed by atoms with van der Waals surface area (Å²) in [5.41, 5.74) is 3.08. The predicted octanol–water partition coefficient (Wildman–Crippen LogP) is 2.43. The maximum Gasteiger partial charge on any atom is 0.109 e. The van der Waals surface area contributed by atoms with Gasteiger partial charge in [-0.3, -0.25) is 9.97 Å². The van der Waals surface area contributed by atoms with Crippen LogP contribution in [0.5, 0.6) is 0 Å². The van der Waals surface area contributed by atoms with E-state index in [0.29, 0.717) is 0 Å². The summed E-state index contributed by atoms with van der Waals surface area (Å²) in [6.07, 6.45) is 7.89. The molecule has 0 amide bonds. The minimum atomic E-state index is 0.872. The van der Waals surface area contributed by atoms with Crippen molar-refractivity contribution < 1.29 is 0 Å². The molecule has 0 bridgehead atoms. The summed E-state index contributed by atoms with van der Waals surface area (Å²) in [6.45, 7) is 0. The van der Waals surface area contributed by atoms with Crippen molar-refractivity contribution in [2.75, 3.05) is 0 Å². The van der Waals surface area contributed by atoms with E-state index in [2.05, 4.69) is 27.2 Å². The number of H-pyrrole nitrogens is 1. The third-order valence-electron chi connectivity index (χ3n) is 2.37. The van der Waals surface area contributed by atoms with E-state index < -0.39 is 0 Å². The molecule has 15 heavy (non-hydrogen) atoms. The van der Waals surface area contributed by atoms with Gasteiger partial charge in [0.15, 0.2) is 0 Å². The zero-order valence-corrected chi connectivity index (χ0v) is 7.94. The minimum Gasteiger partial charge on any atom is -0.361 e. The van der Waals surface area contributed by atoms with E-state index in [1.807, 2.05) is 24.4 Å². The fraction of sp³-hybridized carbons (Fsp3) is 0. The van der Waals surface area contributed by atoms with Crippen molar-refractivity contribution in [3.63, 3.8) is 0 Å². The highest BCUT2D eigenvalue weighted by molar-refractivity contribution is 5.84. The molecule has 0 unspecified atom stereocenters. The van der Waals surface area contributed by atoms with Crippen LogP contribution >= 0.6 is 0 Å². The second-order valence-corrected chi connectivity index (χ2v) is 3.31. The molecule has 0 fully saturated rings. The first kappa shape index (κ1) is 8.17. The summed E-state index contributed by atoms with van der Waals surface area (Å²) in [5, 5.41) is 1.18. The highest BCUT2D eigenvalue weighted by atomic mass is 14.8. The van der Waals surface area contributed by atoms with E-state index in [4.69, 9.17) is 0 Å². The van der Waals surface area contributed by atoms with Crippen LogP contribution in [-0.2, 0) is 0 Å². The van der Waals surface area contributed by atoms with Crippen molar-refractivity contribution in [2.45, 2.75) is 0 Å². The molecule has 1 radical (unpaired) electrons. The van der Waals surface area contributed by atoms with Gasteiger partial charge in [-0.2, -0.15) is 0 Å². The molecular formula is C12H8N3. The van der Waals surface area contributed by atoms with Gasteiger partial charge in [-0.15, -0.1) is 0 Å². The lowest BCUT2D eigenvalue weighted by atomic mass is 10.1. The van der Waals surface area contributed by atoms with Crippen LogP contribution in [0.1, 0.15) is 0 Å². The summed E-state index contributed by atoms with van der Waals surface area (Å²) < 4.78 is 0. The van der Waals surface area contributed by atoms with Crippen LogP contribution in [0.15, 0.2) is 42.9 Å². The van der Waals surface area contributed by atoms with Gasteiger partial charge in [0.1, 0.15) is 6.20 Å².